The van der Waals surface area contributed by atoms with Crippen LogP contribution in [0, 0.1) is 39.0 Å². The number of fused-ring (bicyclic) bond motifs is 1. The van der Waals surface area contributed by atoms with E-state index >= 15 is 0 Å². The molecule has 1 heterocycles. The van der Waals surface area contributed by atoms with E-state index < -0.39 is 8.53 Å². The highest BCUT2D eigenvalue weighted by Gasteiger charge is 2.27. The van der Waals surface area contributed by atoms with Crippen LogP contribution in [0.4, 0.5) is 0 Å². The zero-order valence-corrected chi connectivity index (χ0v) is 23.4. The van der Waals surface area contributed by atoms with E-state index in [-0.39, 0.29) is 30.3 Å². The van der Waals surface area contributed by atoms with Gasteiger partial charge in [-0.15, -0.1) is 0 Å². The normalized spacial score (nSPS) is 12.0. The molecule has 1 aromatic heterocycles. The predicted molar refractivity (Wildman–Crippen MR) is 141 cm³/mol. The molecule has 0 aliphatic rings. The Labute approximate surface area is 210 Å². The lowest BCUT2D eigenvalue weighted by atomic mass is 9.95. The lowest BCUT2D eigenvalue weighted by molar-refractivity contribution is -0.121. The molecule has 0 aliphatic carbocycles. The van der Waals surface area contributed by atoms with Gasteiger partial charge in [-0.1, -0.05) is 6.92 Å². The van der Waals surface area contributed by atoms with Crippen LogP contribution in [0.15, 0.2) is 21.3 Å². The van der Waals surface area contributed by atoms with Gasteiger partial charge < -0.3 is 18.8 Å². The number of amides is 1. The van der Waals surface area contributed by atoms with Crippen LogP contribution in [0.5, 0.6) is 0 Å². The maximum Gasteiger partial charge on any atom is 0.336 e. The number of benzene rings is 1. The number of nitriles is 1. The molecule has 0 bridgehead atoms. The zero-order valence-electron chi connectivity index (χ0n) is 22.5. The zero-order chi connectivity index (χ0) is 26.7. The van der Waals surface area contributed by atoms with E-state index in [0.717, 1.165) is 16.5 Å². The number of rotatable bonds is 10. The van der Waals surface area contributed by atoms with Crippen molar-refractivity contribution in [1.82, 2.24) is 9.99 Å². The van der Waals surface area contributed by atoms with E-state index in [4.69, 9.17) is 18.7 Å². The molecule has 8 nitrogen and oxygen atoms in total. The van der Waals surface area contributed by atoms with Crippen LogP contribution >= 0.6 is 8.53 Å². The summed E-state index contributed by atoms with van der Waals surface area (Å²) in [7, 11) is -1.28. The minimum Gasteiger partial charge on any atom is -0.422 e. The number of carbonyl (C=O) groups is 1. The van der Waals surface area contributed by atoms with Gasteiger partial charge in [0.05, 0.1) is 19.1 Å². The molecular formula is C26H40N3O5P. The molecule has 1 amide bonds. The highest BCUT2D eigenvalue weighted by Crippen LogP contribution is 2.45. The molecule has 0 fully saturated rings. The van der Waals surface area contributed by atoms with E-state index in [0.29, 0.717) is 19.4 Å². The Morgan fingerprint density at radius 1 is 1.06 bits per heavy atom. The highest BCUT2D eigenvalue weighted by molar-refractivity contribution is 7.44. The number of hydrogen-bond acceptors (Lipinski definition) is 7. The van der Waals surface area contributed by atoms with Crippen LogP contribution < -0.4 is 10.9 Å². The van der Waals surface area contributed by atoms with Gasteiger partial charge >= 0.3 is 5.63 Å². The van der Waals surface area contributed by atoms with Crippen LogP contribution in [0.3, 0.4) is 0 Å². The van der Waals surface area contributed by atoms with Gasteiger partial charge in [0.1, 0.15) is 12.3 Å². The van der Waals surface area contributed by atoms with E-state index in [1.165, 1.54) is 22.8 Å². The largest absolute Gasteiger partial charge is 0.422 e. The lowest BCUT2D eigenvalue weighted by Gasteiger charge is -2.35. The summed E-state index contributed by atoms with van der Waals surface area (Å²) in [5, 5.41) is 12.3. The maximum atomic E-state index is 11.2. The molecule has 1 N–H and O–H groups in total. The molecule has 1 unspecified atom stereocenters. The van der Waals surface area contributed by atoms with Crippen LogP contribution in [-0.4, -0.2) is 36.0 Å². The first-order valence-electron chi connectivity index (χ1n) is 11.9. The molecule has 9 heteroatoms. The Bertz CT molecular complexity index is 1070. The van der Waals surface area contributed by atoms with Crippen LogP contribution in [0.1, 0.15) is 69.7 Å². The third kappa shape index (κ3) is 9.01. The van der Waals surface area contributed by atoms with Gasteiger partial charge in [-0.3, -0.25) is 4.79 Å². The van der Waals surface area contributed by atoms with Crippen molar-refractivity contribution < 1.29 is 18.3 Å². The van der Waals surface area contributed by atoms with E-state index in [2.05, 4.69) is 58.5 Å². The maximum absolute atomic E-state index is 11.2. The molecule has 1 atom stereocenters. The first-order valence-corrected chi connectivity index (χ1v) is 13.1. The standard InChI is InChI=1S/C13H26N3O3P.C13H14O2/c1-6-13(17)15-10-19-20(18-9-7-8-14)16(11(2)3)12(4)5;1-7-8(2)10(4)13-11(9(7)3)5-6-12(14)15-13/h11-12H,6-7,9-10H2,1-5H3,(H,15,17);5-6H,1-4H3. The quantitative estimate of drug-likeness (QED) is 0.189. The summed E-state index contributed by atoms with van der Waals surface area (Å²) in [6, 6.07) is 5.87. The van der Waals surface area contributed by atoms with Crippen LogP contribution in [0.2, 0.25) is 0 Å². The topological polar surface area (TPSA) is 105 Å². The van der Waals surface area contributed by atoms with Crippen molar-refractivity contribution >= 4 is 25.4 Å². The van der Waals surface area contributed by atoms with Gasteiger partial charge in [-0.05, 0) is 83.7 Å². The third-order valence-corrected chi connectivity index (χ3v) is 7.75. The van der Waals surface area contributed by atoms with Crippen molar-refractivity contribution in [2.24, 2.45) is 0 Å². The third-order valence-electron chi connectivity index (χ3n) is 5.69. The monoisotopic (exact) mass is 505 g/mol. The Morgan fingerprint density at radius 3 is 2.20 bits per heavy atom. The second-order valence-corrected chi connectivity index (χ2v) is 10.2. The van der Waals surface area contributed by atoms with Crippen molar-refractivity contribution in [2.45, 2.75) is 87.2 Å². The number of carbonyl (C=O) groups excluding carboxylic acids is 1. The van der Waals surface area contributed by atoms with Gasteiger partial charge in [0.2, 0.25) is 5.91 Å². The predicted octanol–water partition coefficient (Wildman–Crippen LogP) is 5.79. The molecule has 1 aromatic carbocycles. The van der Waals surface area contributed by atoms with Crippen molar-refractivity contribution in [3.05, 3.63) is 44.8 Å². The van der Waals surface area contributed by atoms with Gasteiger partial charge in [-0.25, -0.2) is 9.46 Å². The Kier molecular flexibility index (Phi) is 13.1. The second-order valence-electron chi connectivity index (χ2n) is 8.77. The van der Waals surface area contributed by atoms with E-state index in [9.17, 15) is 9.59 Å². The number of nitrogens with one attached hydrogen (secondary N) is 1. The van der Waals surface area contributed by atoms with E-state index in [1.54, 1.807) is 6.92 Å². The molecular weight excluding hydrogens is 465 g/mol. The van der Waals surface area contributed by atoms with Gasteiger partial charge in [0, 0.05) is 30.0 Å². The molecule has 194 valence electrons. The second kappa shape index (κ2) is 15.0. The Morgan fingerprint density at radius 2 is 1.66 bits per heavy atom. The minimum atomic E-state index is -1.28. The molecule has 2 rings (SSSR count). The fourth-order valence-corrected chi connectivity index (χ4v) is 5.05. The molecule has 0 saturated heterocycles. The van der Waals surface area contributed by atoms with Crippen LogP contribution in [-0.2, 0) is 13.8 Å². The SMILES string of the molecule is CCC(=O)NCOP(OCCC#N)N(C(C)C)C(C)C.Cc1c(C)c(C)c2oc(=O)ccc2c1C. The number of nitrogens with zero attached hydrogens (tertiary/aromatic N) is 2. The Hall–Kier alpha value is -2.30. The first kappa shape index (κ1) is 30.7. The summed E-state index contributed by atoms with van der Waals surface area (Å²) in [6.07, 6.45) is 0.752. The molecule has 0 spiro atoms. The van der Waals surface area contributed by atoms with Gasteiger partial charge in [0.15, 0.2) is 0 Å². The summed E-state index contributed by atoms with van der Waals surface area (Å²) in [5.41, 5.74) is 5.17. The van der Waals surface area contributed by atoms with Gasteiger partial charge in [0.25, 0.3) is 8.53 Å². The molecule has 0 saturated carbocycles. The summed E-state index contributed by atoms with van der Waals surface area (Å²) >= 11 is 0. The molecule has 35 heavy (non-hydrogen) atoms. The molecule has 2 aromatic rings. The fraction of sp³-hybridized carbons (Fsp3) is 0.577. The summed E-state index contributed by atoms with van der Waals surface area (Å²) < 4.78 is 18.7. The Balaban J connectivity index is 0.000000362. The van der Waals surface area contributed by atoms with Crippen molar-refractivity contribution in [1.29, 1.82) is 5.26 Å². The fourth-order valence-electron chi connectivity index (χ4n) is 3.53. The molecule has 0 radical (unpaired) electrons. The van der Waals surface area contributed by atoms with Crippen LogP contribution in [0.25, 0.3) is 11.0 Å². The minimum absolute atomic E-state index is 0.0578. The summed E-state index contributed by atoms with van der Waals surface area (Å²) in [5.74, 6) is -0.0578. The first-order chi connectivity index (χ1) is 16.5. The van der Waals surface area contributed by atoms with Gasteiger partial charge in [-0.2, -0.15) is 5.26 Å². The average Bonchev–Trinajstić information content (AvgIpc) is 2.81. The lowest BCUT2D eigenvalue weighted by Crippen LogP contribution is -2.35. The number of aryl methyl sites for hydroxylation is 2. The average molecular weight is 506 g/mol. The summed E-state index contributed by atoms with van der Waals surface area (Å²) in [6.45, 7) is 18.7. The van der Waals surface area contributed by atoms with Crippen molar-refractivity contribution in [3.8, 4) is 6.07 Å². The molecule has 0 aliphatic heterocycles. The number of hydrogen-bond donors (Lipinski definition) is 1. The summed E-state index contributed by atoms with van der Waals surface area (Å²) in [4.78, 5) is 22.4. The highest BCUT2D eigenvalue weighted by atomic mass is 31.2. The smallest absolute Gasteiger partial charge is 0.336 e. The van der Waals surface area contributed by atoms with Crippen molar-refractivity contribution in [2.75, 3.05) is 13.3 Å². The van der Waals surface area contributed by atoms with Crippen molar-refractivity contribution in [3.63, 3.8) is 0 Å². The van der Waals surface area contributed by atoms with E-state index in [1.807, 2.05) is 19.1 Å².